The number of aliphatic hydroxyl groups excluding tert-OH is 1. The molecular weight excluding hydrogens is 568 g/mol. The molecule has 3 saturated heterocycles. The summed E-state index contributed by atoms with van der Waals surface area (Å²) in [5, 5.41) is 9.16. The number of rotatable bonds is 14. The van der Waals surface area contributed by atoms with Crippen molar-refractivity contribution in [3.63, 3.8) is 0 Å². The van der Waals surface area contributed by atoms with Crippen LogP contribution in [0.1, 0.15) is 70.6 Å². The Balaban J connectivity index is 1.65. The maximum Gasteiger partial charge on any atom is 0.310 e. The molecule has 0 aromatic heterocycles. The third-order valence-electron chi connectivity index (χ3n) is 8.77. The molecule has 0 aromatic carbocycles. The number of hydrogen-bond acceptors (Lipinski definition) is 6. The van der Waals surface area contributed by atoms with Crippen LogP contribution in [0.25, 0.3) is 0 Å². The monoisotopic (exact) mass is 610 g/mol. The van der Waals surface area contributed by atoms with Gasteiger partial charge in [0.1, 0.15) is 6.04 Å². The highest BCUT2D eigenvalue weighted by Crippen LogP contribution is 2.68. The summed E-state index contributed by atoms with van der Waals surface area (Å²) in [6.45, 7) is 9.00. The Hall–Kier alpha value is -1.32. The van der Waals surface area contributed by atoms with E-state index in [1.165, 1.54) is 6.42 Å². The third kappa shape index (κ3) is 5.62. The second-order valence-corrected chi connectivity index (χ2v) is 13.9. The van der Waals surface area contributed by atoms with E-state index in [1.54, 1.807) is 28.8 Å². The van der Waals surface area contributed by atoms with Crippen molar-refractivity contribution in [3.05, 3.63) is 25.3 Å². The molecule has 0 aromatic rings. The highest BCUT2D eigenvalue weighted by atomic mass is 79.9. The number of nitrogens with zero attached hydrogens (tertiary/aromatic N) is 2. The van der Waals surface area contributed by atoms with E-state index in [4.69, 9.17) is 4.74 Å². The zero-order valence-electron chi connectivity index (χ0n) is 22.4. The molecule has 1 saturated carbocycles. The standard InChI is InChI=1S/C29H43BrN2O5S/c1-3-5-12-18-37-28(36)22-23-26(34)32(16-10-7-11-17-33)25(29(23)19-21(30)24(22)38-29)27(35)31(15-4-2)20-13-8-6-9-14-20/h3-4,20-25,33H,1-2,5-19H2/t21?,22-,23-,24-,25?,29?/m0/s1. The summed E-state index contributed by atoms with van der Waals surface area (Å²) in [6, 6.07) is -0.449. The average Bonchev–Trinajstić information content (AvgIpc) is 3.51. The van der Waals surface area contributed by atoms with E-state index >= 15 is 0 Å². The third-order valence-corrected chi connectivity index (χ3v) is 12.0. The summed E-state index contributed by atoms with van der Waals surface area (Å²) in [4.78, 5) is 45.9. The van der Waals surface area contributed by atoms with Crippen LogP contribution in [-0.4, -0.2) is 85.9 Å². The lowest BCUT2D eigenvalue weighted by Crippen LogP contribution is -2.57. The van der Waals surface area contributed by atoms with Gasteiger partial charge < -0.3 is 19.6 Å². The van der Waals surface area contributed by atoms with Gasteiger partial charge in [-0.25, -0.2) is 0 Å². The molecule has 4 aliphatic rings. The highest BCUT2D eigenvalue weighted by molar-refractivity contribution is 9.09. The fraction of sp³-hybridized carbons (Fsp3) is 0.759. The van der Waals surface area contributed by atoms with E-state index in [1.807, 2.05) is 4.90 Å². The topological polar surface area (TPSA) is 87.1 Å². The number of carbonyl (C=O) groups is 3. The summed E-state index contributed by atoms with van der Waals surface area (Å²) < 4.78 is 5.03. The number of unbranched alkanes of at least 4 members (excludes halogenated alkanes) is 3. The molecule has 9 heteroatoms. The van der Waals surface area contributed by atoms with Gasteiger partial charge in [-0.15, -0.1) is 24.9 Å². The smallest absolute Gasteiger partial charge is 0.310 e. The number of ether oxygens (including phenoxy) is 1. The van der Waals surface area contributed by atoms with Gasteiger partial charge in [0.05, 0.1) is 23.2 Å². The Morgan fingerprint density at radius 3 is 2.61 bits per heavy atom. The first-order valence-electron chi connectivity index (χ1n) is 14.3. The maximum atomic E-state index is 14.5. The molecule has 2 bridgehead atoms. The van der Waals surface area contributed by atoms with Crippen molar-refractivity contribution in [3.8, 4) is 0 Å². The molecule has 1 N–H and O–H groups in total. The van der Waals surface area contributed by atoms with Crippen LogP contribution in [0.2, 0.25) is 0 Å². The zero-order valence-corrected chi connectivity index (χ0v) is 24.8. The molecule has 1 aliphatic carbocycles. The Morgan fingerprint density at radius 1 is 1.16 bits per heavy atom. The van der Waals surface area contributed by atoms with Crippen molar-refractivity contribution >= 4 is 45.5 Å². The minimum absolute atomic E-state index is 0.00246. The number of esters is 1. The van der Waals surface area contributed by atoms with Crippen LogP contribution in [0.15, 0.2) is 25.3 Å². The van der Waals surface area contributed by atoms with Gasteiger partial charge in [-0.2, -0.15) is 0 Å². The molecule has 7 nitrogen and oxygen atoms in total. The van der Waals surface area contributed by atoms with Crippen molar-refractivity contribution in [2.24, 2.45) is 11.8 Å². The molecule has 1 spiro atoms. The predicted molar refractivity (Wildman–Crippen MR) is 154 cm³/mol. The summed E-state index contributed by atoms with van der Waals surface area (Å²) >= 11 is 5.49. The lowest BCUT2D eigenvalue weighted by atomic mass is 9.71. The Labute approximate surface area is 239 Å². The van der Waals surface area contributed by atoms with Crippen molar-refractivity contribution in [1.29, 1.82) is 0 Å². The number of amides is 2. The number of hydrogen-bond donors (Lipinski definition) is 1. The van der Waals surface area contributed by atoms with E-state index in [9.17, 15) is 19.5 Å². The van der Waals surface area contributed by atoms with Crippen LogP contribution < -0.4 is 0 Å². The van der Waals surface area contributed by atoms with Crippen molar-refractivity contribution in [2.45, 2.75) is 97.5 Å². The van der Waals surface area contributed by atoms with Gasteiger partial charge in [0, 0.05) is 35.8 Å². The Kier molecular flexibility index (Phi) is 10.4. The number of allylic oxidation sites excluding steroid dienone is 1. The van der Waals surface area contributed by atoms with Crippen molar-refractivity contribution < 1.29 is 24.2 Å². The molecule has 3 heterocycles. The minimum atomic E-state index is -0.650. The van der Waals surface area contributed by atoms with Crippen LogP contribution in [0.3, 0.4) is 0 Å². The molecule has 3 aliphatic heterocycles. The van der Waals surface area contributed by atoms with Crippen LogP contribution >= 0.6 is 27.7 Å². The fourth-order valence-corrected chi connectivity index (χ4v) is 10.7. The van der Waals surface area contributed by atoms with E-state index in [2.05, 4.69) is 29.1 Å². The molecule has 4 rings (SSSR count). The summed E-state index contributed by atoms with van der Waals surface area (Å²) in [7, 11) is 0. The number of halogens is 1. The maximum absolute atomic E-state index is 14.5. The van der Waals surface area contributed by atoms with Gasteiger partial charge in [0.2, 0.25) is 11.8 Å². The van der Waals surface area contributed by atoms with Crippen LogP contribution in [0.5, 0.6) is 0 Å². The normalized spacial score (nSPS) is 32.3. The first-order chi connectivity index (χ1) is 18.4. The zero-order chi connectivity index (χ0) is 27.3. The molecule has 212 valence electrons. The Morgan fingerprint density at radius 2 is 1.92 bits per heavy atom. The largest absolute Gasteiger partial charge is 0.465 e. The summed E-state index contributed by atoms with van der Waals surface area (Å²) in [5.74, 6) is -1.52. The number of alkyl halides is 1. The second kappa shape index (κ2) is 13.4. The van der Waals surface area contributed by atoms with Gasteiger partial charge in [-0.1, -0.05) is 47.3 Å². The van der Waals surface area contributed by atoms with Crippen LogP contribution in [0.4, 0.5) is 0 Å². The minimum Gasteiger partial charge on any atom is -0.465 e. The van der Waals surface area contributed by atoms with Gasteiger partial charge in [0.15, 0.2) is 0 Å². The summed E-state index contributed by atoms with van der Waals surface area (Å²) in [5.41, 5.74) is 0. The average molecular weight is 612 g/mol. The SMILES string of the molecule is C=CCCCOC(=O)[C@H]1[C@H]2C(=O)N(CCCCCO)C(C(=O)N(CC=C)C3CCCCC3)C23CC(Br)[C@@H]1S3. The van der Waals surface area contributed by atoms with Crippen molar-refractivity contribution in [2.75, 3.05) is 26.3 Å². The van der Waals surface area contributed by atoms with E-state index in [0.717, 1.165) is 38.5 Å². The van der Waals surface area contributed by atoms with Gasteiger partial charge >= 0.3 is 5.97 Å². The number of likely N-dealkylation sites (tertiary alicyclic amines) is 1. The van der Waals surface area contributed by atoms with Gasteiger partial charge in [-0.05, 0) is 51.4 Å². The van der Waals surface area contributed by atoms with Crippen LogP contribution in [-0.2, 0) is 19.1 Å². The highest BCUT2D eigenvalue weighted by Gasteiger charge is 2.76. The van der Waals surface area contributed by atoms with Crippen molar-refractivity contribution in [1.82, 2.24) is 9.80 Å². The molecule has 0 radical (unpaired) electrons. The van der Waals surface area contributed by atoms with Gasteiger partial charge in [-0.3, -0.25) is 14.4 Å². The molecule has 2 amide bonds. The first kappa shape index (κ1) is 29.7. The van der Waals surface area contributed by atoms with E-state index in [-0.39, 0.29) is 40.5 Å². The Bertz CT molecular complexity index is 896. The number of thioether (sulfide) groups is 1. The molecule has 4 fully saturated rings. The summed E-state index contributed by atoms with van der Waals surface area (Å²) in [6.07, 6.45) is 13.3. The van der Waals surface area contributed by atoms with E-state index in [0.29, 0.717) is 45.4 Å². The van der Waals surface area contributed by atoms with E-state index < -0.39 is 22.6 Å². The molecule has 6 atom stereocenters. The first-order valence-corrected chi connectivity index (χ1v) is 16.1. The quantitative estimate of drug-likeness (QED) is 0.135. The number of carbonyl (C=O) groups excluding carboxylic acids is 3. The van der Waals surface area contributed by atoms with Gasteiger partial charge in [0.25, 0.3) is 0 Å². The molecule has 38 heavy (non-hydrogen) atoms. The molecular formula is C29H43BrN2O5S. The van der Waals surface area contributed by atoms with Crippen LogP contribution in [0, 0.1) is 11.8 Å². The second-order valence-electron chi connectivity index (χ2n) is 11.1. The number of fused-ring (bicyclic) bond motifs is 1. The predicted octanol–water partition coefficient (Wildman–Crippen LogP) is 4.47. The lowest BCUT2D eigenvalue weighted by Gasteiger charge is -2.41. The number of aliphatic hydroxyl groups is 1. The lowest BCUT2D eigenvalue weighted by molar-refractivity contribution is -0.154. The molecule has 3 unspecified atom stereocenters. The fourth-order valence-electron chi connectivity index (χ4n) is 7.09.